The van der Waals surface area contributed by atoms with Gasteiger partial charge in [-0.1, -0.05) is 35.9 Å². The summed E-state index contributed by atoms with van der Waals surface area (Å²) in [5, 5.41) is 3.31. The first-order valence-electron chi connectivity index (χ1n) is 9.94. The van der Waals surface area contributed by atoms with Crippen LogP contribution in [0, 0.1) is 6.92 Å². The van der Waals surface area contributed by atoms with E-state index in [-0.39, 0.29) is 0 Å². The minimum Gasteiger partial charge on any atom is -0.486 e. The molecular weight excluding hydrogens is 380 g/mol. The normalized spacial score (nSPS) is 13.2. The molecule has 2 heterocycles. The lowest BCUT2D eigenvalue weighted by Gasteiger charge is -2.23. The number of aryl methyl sites for hydroxylation is 1. The second-order valence-electron chi connectivity index (χ2n) is 7.22. The molecule has 3 aromatic rings. The van der Waals surface area contributed by atoms with Crippen molar-refractivity contribution in [1.82, 2.24) is 15.2 Å². The number of oxazole rings is 1. The summed E-state index contributed by atoms with van der Waals surface area (Å²) in [6.45, 7) is 4.36. The van der Waals surface area contributed by atoms with Crippen molar-refractivity contribution >= 4 is 5.96 Å². The zero-order valence-electron chi connectivity index (χ0n) is 17.5. The molecule has 0 aliphatic carbocycles. The third kappa shape index (κ3) is 4.56. The number of nitrogens with one attached hydrogen (secondary N) is 1. The monoisotopic (exact) mass is 406 g/mol. The van der Waals surface area contributed by atoms with E-state index < -0.39 is 0 Å². The molecule has 0 unspecified atom stereocenters. The predicted molar refractivity (Wildman–Crippen MR) is 116 cm³/mol. The molecule has 30 heavy (non-hydrogen) atoms. The summed E-state index contributed by atoms with van der Waals surface area (Å²) in [6.07, 6.45) is 1.75. The Morgan fingerprint density at radius 1 is 1.10 bits per heavy atom. The average molecular weight is 406 g/mol. The van der Waals surface area contributed by atoms with Gasteiger partial charge in [-0.2, -0.15) is 0 Å². The van der Waals surface area contributed by atoms with E-state index in [1.807, 2.05) is 42.3 Å². The van der Waals surface area contributed by atoms with E-state index in [4.69, 9.17) is 13.9 Å². The molecule has 1 N–H and O–H groups in total. The van der Waals surface area contributed by atoms with E-state index in [0.717, 1.165) is 34.3 Å². The van der Waals surface area contributed by atoms with Crippen LogP contribution in [0.2, 0.25) is 0 Å². The number of nitrogens with zero attached hydrogens (tertiary/aromatic N) is 3. The van der Waals surface area contributed by atoms with Crippen molar-refractivity contribution in [3.8, 4) is 22.8 Å². The summed E-state index contributed by atoms with van der Waals surface area (Å²) in [6, 6.07) is 14.2. The number of hydrogen-bond donors (Lipinski definition) is 1. The molecule has 0 saturated carbocycles. The van der Waals surface area contributed by atoms with Gasteiger partial charge < -0.3 is 24.1 Å². The summed E-state index contributed by atoms with van der Waals surface area (Å²) >= 11 is 0. The predicted octanol–water partition coefficient (Wildman–Crippen LogP) is 3.63. The third-order valence-corrected chi connectivity index (χ3v) is 4.89. The molecular formula is C23H26N4O3. The van der Waals surface area contributed by atoms with Gasteiger partial charge in [0.1, 0.15) is 13.2 Å². The van der Waals surface area contributed by atoms with E-state index in [2.05, 4.69) is 34.3 Å². The van der Waals surface area contributed by atoms with Gasteiger partial charge in [0.15, 0.2) is 23.2 Å². The topological polar surface area (TPSA) is 72.1 Å². The van der Waals surface area contributed by atoms with Crippen molar-refractivity contribution in [3.05, 3.63) is 65.7 Å². The number of fused-ring (bicyclic) bond motifs is 1. The Kier molecular flexibility index (Phi) is 5.88. The molecule has 1 aliphatic heterocycles. The maximum absolute atomic E-state index is 5.89. The second kappa shape index (κ2) is 8.90. The van der Waals surface area contributed by atoms with Crippen LogP contribution in [0.25, 0.3) is 11.3 Å². The molecule has 7 nitrogen and oxygen atoms in total. The quantitative estimate of drug-likeness (QED) is 0.515. The number of guanidine groups is 1. The van der Waals surface area contributed by atoms with E-state index in [0.29, 0.717) is 32.2 Å². The molecule has 0 bridgehead atoms. The molecule has 1 aromatic heterocycles. The van der Waals surface area contributed by atoms with Crippen LogP contribution in [0.3, 0.4) is 0 Å². The molecule has 0 amide bonds. The molecule has 0 fully saturated rings. The van der Waals surface area contributed by atoms with Crippen molar-refractivity contribution in [2.45, 2.75) is 20.0 Å². The van der Waals surface area contributed by atoms with Gasteiger partial charge in [-0.05, 0) is 24.6 Å². The fourth-order valence-electron chi connectivity index (χ4n) is 3.32. The maximum Gasteiger partial charge on any atom is 0.214 e. The minimum atomic E-state index is 0.448. The molecule has 0 atom stereocenters. The van der Waals surface area contributed by atoms with Crippen LogP contribution < -0.4 is 14.8 Å². The molecule has 7 heteroatoms. The Labute approximate surface area is 176 Å². The van der Waals surface area contributed by atoms with Crippen molar-refractivity contribution in [2.24, 2.45) is 4.99 Å². The highest BCUT2D eigenvalue weighted by Crippen LogP contribution is 2.31. The van der Waals surface area contributed by atoms with Crippen molar-refractivity contribution < 1.29 is 13.9 Å². The Hall–Kier alpha value is -3.48. The van der Waals surface area contributed by atoms with Gasteiger partial charge >= 0.3 is 0 Å². The zero-order chi connectivity index (χ0) is 20.9. The number of rotatable bonds is 5. The van der Waals surface area contributed by atoms with E-state index in [1.54, 1.807) is 13.2 Å². The van der Waals surface area contributed by atoms with Gasteiger partial charge in [-0.25, -0.2) is 4.98 Å². The highest BCUT2D eigenvalue weighted by atomic mass is 16.6. The van der Waals surface area contributed by atoms with Gasteiger partial charge in [-0.3, -0.25) is 4.99 Å². The summed E-state index contributed by atoms with van der Waals surface area (Å²) in [5.41, 5.74) is 3.34. The Morgan fingerprint density at radius 3 is 2.63 bits per heavy atom. The van der Waals surface area contributed by atoms with Gasteiger partial charge in [0.05, 0.1) is 12.7 Å². The van der Waals surface area contributed by atoms with E-state index in [9.17, 15) is 0 Å². The van der Waals surface area contributed by atoms with Crippen LogP contribution in [0.5, 0.6) is 11.5 Å². The summed E-state index contributed by atoms with van der Waals surface area (Å²) in [5.74, 6) is 3.70. The molecule has 0 saturated heterocycles. The van der Waals surface area contributed by atoms with Crippen LogP contribution in [0.1, 0.15) is 17.0 Å². The first kappa shape index (κ1) is 19.8. The zero-order valence-corrected chi connectivity index (χ0v) is 17.5. The number of aromatic nitrogens is 1. The van der Waals surface area contributed by atoms with E-state index >= 15 is 0 Å². The molecule has 0 spiro atoms. The molecule has 4 rings (SSSR count). The highest BCUT2D eigenvalue weighted by molar-refractivity contribution is 5.79. The van der Waals surface area contributed by atoms with Crippen molar-refractivity contribution in [1.29, 1.82) is 0 Å². The SMILES string of the molecule is CN=C(NCc1ncc(-c2ccc(C)cc2)o1)N(C)Cc1ccc2c(c1)OCCO2. The summed E-state index contributed by atoms with van der Waals surface area (Å²) in [7, 11) is 3.75. The van der Waals surface area contributed by atoms with Crippen molar-refractivity contribution in [2.75, 3.05) is 27.3 Å². The first-order chi connectivity index (χ1) is 14.6. The standard InChI is InChI=1S/C23H26N4O3/c1-16-4-7-18(8-5-16)21-13-25-22(30-21)14-26-23(24-2)27(3)15-17-6-9-19-20(12-17)29-11-10-28-19/h4-9,12-13H,10-11,14-15H2,1-3H3,(H,24,26). The second-order valence-corrected chi connectivity index (χ2v) is 7.22. The van der Waals surface area contributed by atoms with Gasteiger partial charge in [0, 0.05) is 26.2 Å². The molecule has 1 aliphatic rings. The van der Waals surface area contributed by atoms with E-state index in [1.165, 1.54) is 5.56 Å². The molecule has 2 aromatic carbocycles. The summed E-state index contributed by atoms with van der Waals surface area (Å²) in [4.78, 5) is 10.8. The lowest BCUT2D eigenvalue weighted by Crippen LogP contribution is -2.38. The third-order valence-electron chi connectivity index (χ3n) is 4.89. The fraction of sp³-hybridized carbons (Fsp3) is 0.304. The van der Waals surface area contributed by atoms with Crippen LogP contribution in [0.4, 0.5) is 0 Å². The van der Waals surface area contributed by atoms with Gasteiger partial charge in [0.2, 0.25) is 5.89 Å². The number of benzene rings is 2. The first-order valence-corrected chi connectivity index (χ1v) is 9.94. The molecule has 0 radical (unpaired) electrons. The van der Waals surface area contributed by atoms with Gasteiger partial charge in [0.25, 0.3) is 0 Å². The lowest BCUT2D eigenvalue weighted by molar-refractivity contribution is 0.171. The maximum atomic E-state index is 5.89. The summed E-state index contributed by atoms with van der Waals surface area (Å²) < 4.78 is 17.1. The Balaban J connectivity index is 1.36. The lowest BCUT2D eigenvalue weighted by atomic mass is 10.1. The number of ether oxygens (including phenoxy) is 2. The Bertz CT molecular complexity index is 1030. The minimum absolute atomic E-state index is 0.448. The van der Waals surface area contributed by atoms with Crippen molar-refractivity contribution in [3.63, 3.8) is 0 Å². The molecule has 156 valence electrons. The van der Waals surface area contributed by atoms with Crippen LogP contribution in [-0.4, -0.2) is 43.2 Å². The number of aliphatic imine (C=N–C) groups is 1. The smallest absolute Gasteiger partial charge is 0.214 e. The fourth-order valence-corrected chi connectivity index (χ4v) is 3.32. The van der Waals surface area contributed by atoms with Crippen LogP contribution in [0.15, 0.2) is 58.1 Å². The van der Waals surface area contributed by atoms with Crippen LogP contribution >= 0.6 is 0 Å². The highest BCUT2D eigenvalue weighted by Gasteiger charge is 2.14. The van der Waals surface area contributed by atoms with Gasteiger partial charge in [-0.15, -0.1) is 0 Å². The Morgan fingerprint density at radius 2 is 1.87 bits per heavy atom. The largest absolute Gasteiger partial charge is 0.486 e. The van der Waals surface area contributed by atoms with Crippen LogP contribution in [-0.2, 0) is 13.1 Å². The average Bonchev–Trinajstić information content (AvgIpc) is 3.23. The number of hydrogen-bond acceptors (Lipinski definition) is 5.